The maximum absolute atomic E-state index is 7.31. The van der Waals surface area contributed by atoms with Crippen LogP contribution in [0.25, 0.3) is 0 Å². The van der Waals surface area contributed by atoms with Crippen molar-refractivity contribution >= 4 is 5.84 Å². The smallest absolute Gasteiger partial charge is 0.0947 e. The zero-order valence-electron chi connectivity index (χ0n) is 9.27. The molecular formula is C11H18N4. The summed E-state index contributed by atoms with van der Waals surface area (Å²) in [5, 5.41) is 7.31. The maximum atomic E-state index is 7.31. The number of aromatic nitrogens is 1. The van der Waals surface area contributed by atoms with Crippen molar-refractivity contribution in [3.8, 4) is 0 Å². The Bertz CT molecular complexity index is 310. The van der Waals surface area contributed by atoms with Gasteiger partial charge in [-0.25, -0.2) is 0 Å². The largest absolute Gasteiger partial charge is 0.387 e. The Balaban J connectivity index is 2.43. The molecule has 0 saturated carbocycles. The lowest BCUT2D eigenvalue weighted by atomic mass is 10.1. The van der Waals surface area contributed by atoms with Crippen LogP contribution in [0.15, 0.2) is 24.5 Å². The zero-order valence-corrected chi connectivity index (χ0v) is 9.27. The quantitative estimate of drug-likeness (QED) is 0.559. The summed E-state index contributed by atoms with van der Waals surface area (Å²) in [6, 6.07) is 3.99. The minimum Gasteiger partial charge on any atom is -0.387 e. The second-order valence-corrected chi connectivity index (χ2v) is 3.91. The molecular weight excluding hydrogens is 188 g/mol. The van der Waals surface area contributed by atoms with Crippen LogP contribution in [0.2, 0.25) is 0 Å². The summed E-state index contributed by atoms with van der Waals surface area (Å²) in [7, 11) is 2.03. The predicted octanol–water partition coefficient (Wildman–Crippen LogP) is 1.09. The molecule has 1 aromatic rings. The Labute approximate surface area is 90.6 Å². The number of pyridine rings is 1. The van der Waals surface area contributed by atoms with E-state index in [1.165, 1.54) is 5.56 Å². The number of nitrogens with two attached hydrogens (primary N) is 1. The van der Waals surface area contributed by atoms with Crippen LogP contribution in [0.3, 0.4) is 0 Å². The average Bonchev–Trinajstić information content (AvgIpc) is 2.18. The van der Waals surface area contributed by atoms with Gasteiger partial charge in [0.05, 0.1) is 5.84 Å². The van der Waals surface area contributed by atoms with E-state index in [1.54, 1.807) is 12.4 Å². The van der Waals surface area contributed by atoms with Gasteiger partial charge in [-0.3, -0.25) is 10.4 Å². The van der Waals surface area contributed by atoms with Gasteiger partial charge in [-0.2, -0.15) is 0 Å². The van der Waals surface area contributed by atoms with Crippen molar-refractivity contribution in [2.24, 2.45) is 11.7 Å². The lowest BCUT2D eigenvalue weighted by Gasteiger charge is -2.20. The SMILES string of the molecule is CC(CN(C)Cc1ccncc1)C(=N)N. The Hall–Kier alpha value is -1.42. The van der Waals surface area contributed by atoms with Crippen molar-refractivity contribution < 1.29 is 0 Å². The molecule has 0 bridgehead atoms. The van der Waals surface area contributed by atoms with Crippen LogP contribution in [0.1, 0.15) is 12.5 Å². The molecule has 4 heteroatoms. The fourth-order valence-electron chi connectivity index (χ4n) is 1.43. The van der Waals surface area contributed by atoms with Gasteiger partial charge in [-0.05, 0) is 24.7 Å². The highest BCUT2D eigenvalue weighted by Gasteiger charge is 2.08. The zero-order chi connectivity index (χ0) is 11.3. The van der Waals surface area contributed by atoms with Gasteiger partial charge in [0.1, 0.15) is 0 Å². The fourth-order valence-corrected chi connectivity index (χ4v) is 1.43. The van der Waals surface area contributed by atoms with E-state index in [9.17, 15) is 0 Å². The molecule has 1 unspecified atom stereocenters. The molecule has 0 fully saturated rings. The number of hydrogen-bond donors (Lipinski definition) is 2. The van der Waals surface area contributed by atoms with E-state index in [1.807, 2.05) is 26.1 Å². The van der Waals surface area contributed by atoms with E-state index in [4.69, 9.17) is 11.1 Å². The minimum atomic E-state index is 0.108. The third-order valence-electron chi connectivity index (χ3n) is 2.32. The number of nitrogens with one attached hydrogen (secondary N) is 1. The monoisotopic (exact) mass is 206 g/mol. The second-order valence-electron chi connectivity index (χ2n) is 3.91. The van der Waals surface area contributed by atoms with Gasteiger partial charge in [0.25, 0.3) is 0 Å². The summed E-state index contributed by atoms with van der Waals surface area (Å²) >= 11 is 0. The topological polar surface area (TPSA) is 66.0 Å². The summed E-state index contributed by atoms with van der Waals surface area (Å²) in [5.74, 6) is 0.355. The first-order valence-corrected chi connectivity index (χ1v) is 5.01. The summed E-state index contributed by atoms with van der Waals surface area (Å²) in [6.45, 7) is 3.63. The predicted molar refractivity (Wildman–Crippen MR) is 61.6 cm³/mol. The molecule has 1 heterocycles. The van der Waals surface area contributed by atoms with E-state index in [-0.39, 0.29) is 11.8 Å². The highest BCUT2D eigenvalue weighted by Crippen LogP contribution is 2.04. The maximum Gasteiger partial charge on any atom is 0.0947 e. The van der Waals surface area contributed by atoms with Crippen molar-refractivity contribution in [1.29, 1.82) is 5.41 Å². The van der Waals surface area contributed by atoms with Crippen molar-refractivity contribution in [3.63, 3.8) is 0 Å². The van der Waals surface area contributed by atoms with Crippen LogP contribution >= 0.6 is 0 Å². The Morgan fingerprint density at radius 2 is 2.13 bits per heavy atom. The molecule has 0 aliphatic carbocycles. The Morgan fingerprint density at radius 1 is 1.53 bits per heavy atom. The van der Waals surface area contributed by atoms with Crippen molar-refractivity contribution in [2.75, 3.05) is 13.6 Å². The van der Waals surface area contributed by atoms with Gasteiger partial charge in [0.15, 0.2) is 0 Å². The standard InChI is InChI=1S/C11H18N4/c1-9(11(12)13)7-15(2)8-10-3-5-14-6-4-10/h3-6,9H,7-8H2,1-2H3,(H3,12,13). The van der Waals surface area contributed by atoms with Gasteiger partial charge in [-0.1, -0.05) is 6.92 Å². The number of rotatable bonds is 5. The molecule has 0 aliphatic heterocycles. The molecule has 3 N–H and O–H groups in total. The highest BCUT2D eigenvalue weighted by molar-refractivity contribution is 5.79. The van der Waals surface area contributed by atoms with Gasteiger partial charge >= 0.3 is 0 Å². The molecule has 0 aromatic carbocycles. The highest BCUT2D eigenvalue weighted by atomic mass is 15.1. The molecule has 0 amide bonds. The first-order chi connectivity index (χ1) is 7.09. The van der Waals surface area contributed by atoms with E-state index >= 15 is 0 Å². The summed E-state index contributed by atoms with van der Waals surface area (Å²) in [4.78, 5) is 6.12. The van der Waals surface area contributed by atoms with Crippen LogP contribution in [0, 0.1) is 11.3 Å². The average molecular weight is 206 g/mol. The van der Waals surface area contributed by atoms with Crippen LogP contribution < -0.4 is 5.73 Å². The van der Waals surface area contributed by atoms with Gasteiger partial charge in [-0.15, -0.1) is 0 Å². The summed E-state index contributed by atoms with van der Waals surface area (Å²) in [6.07, 6.45) is 3.58. The van der Waals surface area contributed by atoms with Crippen LogP contribution in [0.5, 0.6) is 0 Å². The van der Waals surface area contributed by atoms with Crippen LogP contribution in [-0.2, 0) is 6.54 Å². The molecule has 0 radical (unpaired) electrons. The van der Waals surface area contributed by atoms with E-state index < -0.39 is 0 Å². The second kappa shape index (κ2) is 5.46. The lowest BCUT2D eigenvalue weighted by molar-refractivity contribution is 0.306. The molecule has 0 saturated heterocycles. The van der Waals surface area contributed by atoms with Crippen molar-refractivity contribution in [2.45, 2.75) is 13.5 Å². The van der Waals surface area contributed by atoms with Crippen LogP contribution in [-0.4, -0.2) is 29.3 Å². The van der Waals surface area contributed by atoms with Gasteiger partial charge in [0.2, 0.25) is 0 Å². The first-order valence-electron chi connectivity index (χ1n) is 5.01. The molecule has 1 atom stereocenters. The Kier molecular flexibility index (Phi) is 4.24. The lowest BCUT2D eigenvalue weighted by Crippen LogP contribution is -2.31. The van der Waals surface area contributed by atoms with Crippen molar-refractivity contribution in [3.05, 3.63) is 30.1 Å². The molecule has 4 nitrogen and oxygen atoms in total. The van der Waals surface area contributed by atoms with Gasteiger partial charge < -0.3 is 10.6 Å². The number of amidine groups is 1. The van der Waals surface area contributed by atoms with E-state index in [0.717, 1.165) is 13.1 Å². The van der Waals surface area contributed by atoms with Gasteiger partial charge in [0, 0.05) is 31.4 Å². The molecule has 15 heavy (non-hydrogen) atoms. The summed E-state index contributed by atoms with van der Waals surface area (Å²) in [5.41, 5.74) is 6.65. The first kappa shape index (κ1) is 11.7. The molecule has 0 spiro atoms. The molecule has 1 rings (SSSR count). The van der Waals surface area contributed by atoms with E-state index in [0.29, 0.717) is 0 Å². The molecule has 1 aromatic heterocycles. The van der Waals surface area contributed by atoms with E-state index in [2.05, 4.69) is 9.88 Å². The normalized spacial score (nSPS) is 12.7. The third kappa shape index (κ3) is 4.08. The fraction of sp³-hybridized carbons (Fsp3) is 0.455. The third-order valence-corrected chi connectivity index (χ3v) is 2.32. The van der Waals surface area contributed by atoms with Crippen LogP contribution in [0.4, 0.5) is 0 Å². The van der Waals surface area contributed by atoms with Crippen molar-refractivity contribution in [1.82, 2.24) is 9.88 Å². The molecule has 0 aliphatic rings. The Morgan fingerprint density at radius 3 is 2.67 bits per heavy atom. The molecule has 82 valence electrons. The number of hydrogen-bond acceptors (Lipinski definition) is 3. The minimum absolute atomic E-state index is 0.108. The summed E-state index contributed by atoms with van der Waals surface area (Å²) < 4.78 is 0. The number of nitrogens with zero attached hydrogens (tertiary/aromatic N) is 2.